The molecule has 7 nitrogen and oxygen atoms in total. The third-order valence-electron chi connectivity index (χ3n) is 4.41. The van der Waals surface area contributed by atoms with Crippen LogP contribution in [0.3, 0.4) is 0 Å². The van der Waals surface area contributed by atoms with Crippen LogP contribution in [0, 0.1) is 23.2 Å². The molecule has 4 aromatic rings. The zero-order valence-electron chi connectivity index (χ0n) is 16.4. The predicted molar refractivity (Wildman–Crippen MR) is 117 cm³/mol. The molecule has 1 N–H and O–H groups in total. The van der Waals surface area contributed by atoms with E-state index in [-0.39, 0.29) is 4.90 Å². The fourth-order valence-corrected chi connectivity index (χ4v) is 3.46. The van der Waals surface area contributed by atoms with Crippen molar-refractivity contribution < 1.29 is 8.42 Å². The van der Waals surface area contributed by atoms with Gasteiger partial charge in [-0.25, -0.2) is 23.4 Å². The van der Waals surface area contributed by atoms with Gasteiger partial charge in [-0.2, -0.15) is 5.26 Å². The summed E-state index contributed by atoms with van der Waals surface area (Å²) < 4.78 is 23.2. The van der Waals surface area contributed by atoms with Crippen molar-refractivity contribution >= 4 is 32.1 Å². The number of benzene rings is 1. The number of anilines is 2. The van der Waals surface area contributed by atoms with E-state index in [2.05, 4.69) is 32.1 Å². The number of nitrogens with zero attached hydrogens (tertiary/aromatic N) is 4. The van der Waals surface area contributed by atoms with Crippen LogP contribution in [0.25, 0.3) is 10.8 Å². The molecular formula is C23H15N5O2S. The molecule has 0 atom stereocenters. The standard InChI is InChI=1S/C23H15N5O2S/c1-31(29,30)20-7-5-18(6-8-20)28-23-12-21-17(15-27-23)10-11-25-22(21)9-3-16-2-4-19(13-24)26-14-16/h2,4-8,10-12,14-15H,1H3,(H,27,28). The molecule has 3 aromatic heterocycles. The minimum atomic E-state index is -3.25. The van der Waals surface area contributed by atoms with Crippen molar-refractivity contribution in [2.45, 2.75) is 4.90 Å². The topological polar surface area (TPSA) is 109 Å². The van der Waals surface area contributed by atoms with E-state index in [1.807, 2.05) is 18.2 Å². The van der Waals surface area contributed by atoms with Gasteiger partial charge in [0.1, 0.15) is 23.3 Å². The molecule has 0 radical (unpaired) electrons. The van der Waals surface area contributed by atoms with Crippen LogP contribution >= 0.6 is 0 Å². The third-order valence-corrected chi connectivity index (χ3v) is 5.53. The van der Waals surface area contributed by atoms with E-state index in [0.29, 0.717) is 28.5 Å². The second kappa shape index (κ2) is 8.23. The zero-order chi connectivity index (χ0) is 21.8. The van der Waals surface area contributed by atoms with Gasteiger partial charge in [-0.1, -0.05) is 5.92 Å². The summed E-state index contributed by atoms with van der Waals surface area (Å²) in [6, 6.07) is 15.5. The number of aromatic nitrogens is 3. The number of nitrogens with one attached hydrogen (secondary N) is 1. The molecule has 0 bridgehead atoms. The first-order chi connectivity index (χ1) is 14.9. The van der Waals surface area contributed by atoms with E-state index in [1.165, 1.54) is 6.26 Å². The van der Waals surface area contributed by atoms with Crippen molar-refractivity contribution in [2.75, 3.05) is 11.6 Å². The molecule has 0 saturated heterocycles. The zero-order valence-corrected chi connectivity index (χ0v) is 17.2. The number of fused-ring (bicyclic) bond motifs is 1. The Kier molecular flexibility index (Phi) is 5.31. The summed E-state index contributed by atoms with van der Waals surface area (Å²) in [5, 5.41) is 13.7. The average molecular weight is 425 g/mol. The lowest BCUT2D eigenvalue weighted by molar-refractivity contribution is 0.602. The van der Waals surface area contributed by atoms with Crippen LogP contribution in [0.1, 0.15) is 17.0 Å². The van der Waals surface area contributed by atoms with Gasteiger partial charge in [0, 0.05) is 46.9 Å². The summed E-state index contributed by atoms with van der Waals surface area (Å²) in [6.45, 7) is 0. The van der Waals surface area contributed by atoms with Crippen LogP contribution in [0.4, 0.5) is 11.5 Å². The molecule has 0 spiro atoms. The predicted octanol–water partition coefficient (Wildman–Crippen LogP) is 3.44. The SMILES string of the molecule is CS(=O)(=O)c1ccc(Nc2cc3c(C#Cc4ccc(C#N)nc4)nccc3cn2)cc1. The Hall–Kier alpha value is -4.27. The molecule has 150 valence electrons. The lowest BCUT2D eigenvalue weighted by Crippen LogP contribution is -1.98. The fraction of sp³-hybridized carbons (Fsp3) is 0.0435. The molecule has 0 aliphatic heterocycles. The molecule has 3 heterocycles. The van der Waals surface area contributed by atoms with Crippen LogP contribution in [0.2, 0.25) is 0 Å². The van der Waals surface area contributed by atoms with Crippen LogP contribution < -0.4 is 5.32 Å². The summed E-state index contributed by atoms with van der Waals surface area (Å²) >= 11 is 0. The molecule has 0 aliphatic carbocycles. The van der Waals surface area contributed by atoms with E-state index >= 15 is 0 Å². The van der Waals surface area contributed by atoms with Gasteiger partial charge in [0.25, 0.3) is 0 Å². The molecule has 0 fully saturated rings. The van der Waals surface area contributed by atoms with Crippen LogP contribution in [0.15, 0.2) is 72.0 Å². The number of nitriles is 1. The highest BCUT2D eigenvalue weighted by atomic mass is 32.2. The highest BCUT2D eigenvalue weighted by molar-refractivity contribution is 7.90. The summed E-state index contributed by atoms with van der Waals surface area (Å²) in [5.41, 5.74) is 2.30. The molecule has 0 unspecified atom stereocenters. The highest BCUT2D eigenvalue weighted by Crippen LogP contribution is 2.22. The van der Waals surface area contributed by atoms with Gasteiger partial charge in [-0.05, 0) is 54.5 Å². The van der Waals surface area contributed by atoms with Gasteiger partial charge >= 0.3 is 0 Å². The largest absolute Gasteiger partial charge is 0.340 e. The van der Waals surface area contributed by atoms with E-state index < -0.39 is 9.84 Å². The Balaban J connectivity index is 1.64. The third kappa shape index (κ3) is 4.67. The van der Waals surface area contributed by atoms with Crippen molar-refractivity contribution in [1.29, 1.82) is 5.26 Å². The molecule has 4 rings (SSSR count). The monoisotopic (exact) mass is 425 g/mol. The number of rotatable bonds is 3. The normalized spacial score (nSPS) is 10.7. The van der Waals surface area contributed by atoms with E-state index in [4.69, 9.17) is 5.26 Å². The molecule has 0 amide bonds. The van der Waals surface area contributed by atoms with Crippen molar-refractivity contribution in [3.63, 3.8) is 0 Å². The minimum absolute atomic E-state index is 0.253. The molecule has 0 aliphatic rings. The maximum Gasteiger partial charge on any atom is 0.175 e. The van der Waals surface area contributed by atoms with Gasteiger partial charge in [0.15, 0.2) is 9.84 Å². The van der Waals surface area contributed by atoms with Crippen molar-refractivity contribution in [1.82, 2.24) is 15.0 Å². The number of pyridine rings is 3. The summed E-state index contributed by atoms with van der Waals surface area (Å²) in [5.74, 6) is 6.64. The first kappa shape index (κ1) is 20.0. The van der Waals surface area contributed by atoms with Crippen LogP contribution in [0.5, 0.6) is 0 Å². The van der Waals surface area contributed by atoms with Gasteiger partial charge in [0.05, 0.1) is 4.90 Å². The smallest absolute Gasteiger partial charge is 0.175 e. The Morgan fingerprint density at radius 1 is 0.935 bits per heavy atom. The van der Waals surface area contributed by atoms with Crippen molar-refractivity contribution in [3.05, 3.63) is 84.1 Å². The summed E-state index contributed by atoms with van der Waals surface area (Å²) in [6.07, 6.45) is 6.11. The first-order valence-corrected chi connectivity index (χ1v) is 11.0. The Morgan fingerprint density at radius 2 is 1.74 bits per heavy atom. The molecule has 1 aromatic carbocycles. The molecule has 0 saturated carbocycles. The van der Waals surface area contributed by atoms with E-state index in [1.54, 1.807) is 55.0 Å². The maximum atomic E-state index is 11.6. The lowest BCUT2D eigenvalue weighted by Gasteiger charge is -2.08. The van der Waals surface area contributed by atoms with Crippen LogP contribution in [-0.2, 0) is 9.84 Å². The second-order valence-electron chi connectivity index (χ2n) is 6.67. The van der Waals surface area contributed by atoms with E-state index in [9.17, 15) is 8.42 Å². The molecule has 31 heavy (non-hydrogen) atoms. The molecular weight excluding hydrogens is 410 g/mol. The number of sulfone groups is 1. The summed E-state index contributed by atoms with van der Waals surface area (Å²) in [4.78, 5) is 13.0. The van der Waals surface area contributed by atoms with Gasteiger partial charge in [-0.15, -0.1) is 0 Å². The Morgan fingerprint density at radius 3 is 2.42 bits per heavy atom. The minimum Gasteiger partial charge on any atom is -0.340 e. The van der Waals surface area contributed by atoms with E-state index in [0.717, 1.165) is 10.8 Å². The molecule has 8 heteroatoms. The fourth-order valence-electron chi connectivity index (χ4n) is 2.83. The van der Waals surface area contributed by atoms with Gasteiger partial charge in [-0.3, -0.25) is 0 Å². The Bertz CT molecular complexity index is 1480. The summed E-state index contributed by atoms with van der Waals surface area (Å²) in [7, 11) is -3.25. The van der Waals surface area contributed by atoms with Crippen molar-refractivity contribution in [2.24, 2.45) is 0 Å². The van der Waals surface area contributed by atoms with Gasteiger partial charge < -0.3 is 5.32 Å². The highest BCUT2D eigenvalue weighted by Gasteiger charge is 2.07. The van der Waals surface area contributed by atoms with Crippen molar-refractivity contribution in [3.8, 4) is 17.9 Å². The van der Waals surface area contributed by atoms with Crippen LogP contribution in [-0.4, -0.2) is 29.6 Å². The quantitative estimate of drug-likeness (QED) is 0.501. The maximum absolute atomic E-state index is 11.6. The average Bonchev–Trinajstić information content (AvgIpc) is 2.78. The number of hydrogen-bond acceptors (Lipinski definition) is 7. The number of hydrogen-bond donors (Lipinski definition) is 1. The second-order valence-corrected chi connectivity index (χ2v) is 8.68. The lowest BCUT2D eigenvalue weighted by atomic mass is 10.1. The first-order valence-electron chi connectivity index (χ1n) is 9.12. The Labute approximate surface area is 179 Å². The van der Waals surface area contributed by atoms with Gasteiger partial charge in [0.2, 0.25) is 0 Å².